The second-order valence-electron chi connectivity index (χ2n) is 7.50. The van der Waals surface area contributed by atoms with Crippen molar-refractivity contribution >= 4 is 34.5 Å². The molecule has 0 aromatic rings. The van der Waals surface area contributed by atoms with Gasteiger partial charge in [-0.1, -0.05) is 53.3 Å². The largest absolute Gasteiger partial charge is 0.550 e. The summed E-state index contributed by atoms with van der Waals surface area (Å²) in [4.78, 5) is 47.6. The van der Waals surface area contributed by atoms with Gasteiger partial charge in [0.25, 0.3) is 0 Å². The molecule has 0 aliphatic carbocycles. The van der Waals surface area contributed by atoms with Gasteiger partial charge in [0, 0.05) is 29.6 Å². The lowest BCUT2D eigenvalue weighted by Crippen LogP contribution is -2.54. The van der Waals surface area contributed by atoms with Crippen LogP contribution in [0.4, 0.5) is 0 Å². The van der Waals surface area contributed by atoms with Crippen LogP contribution in [0.2, 0.25) is 0 Å². The fraction of sp³-hybridized carbons (Fsp3) is 0.778. The van der Waals surface area contributed by atoms with Crippen molar-refractivity contribution in [3.8, 4) is 0 Å². The normalized spacial score (nSPS) is 14.0. The molecule has 7 nitrogen and oxygen atoms in total. The summed E-state index contributed by atoms with van der Waals surface area (Å²) in [6, 6.07) is -1.61. The molecular formula is C18H31N2O5S-. The number of hydrogen-bond acceptors (Lipinski definition) is 7. The predicted octanol–water partition coefficient (Wildman–Crippen LogP) is 0.653. The number of amides is 1. The van der Waals surface area contributed by atoms with Gasteiger partial charge in [-0.25, -0.2) is 0 Å². The van der Waals surface area contributed by atoms with Gasteiger partial charge in [0.2, 0.25) is 5.91 Å². The van der Waals surface area contributed by atoms with E-state index in [4.69, 9.17) is 0 Å². The molecule has 2 atom stereocenters. The van der Waals surface area contributed by atoms with Gasteiger partial charge in [0.1, 0.15) is 0 Å². The Labute approximate surface area is 160 Å². The van der Waals surface area contributed by atoms with Crippen molar-refractivity contribution < 1.29 is 24.3 Å². The zero-order chi connectivity index (χ0) is 20.5. The van der Waals surface area contributed by atoms with Crippen molar-refractivity contribution in [3.05, 3.63) is 0 Å². The summed E-state index contributed by atoms with van der Waals surface area (Å²) in [7, 11) is 0. The minimum Gasteiger partial charge on any atom is -0.550 e. The first-order valence-corrected chi connectivity index (χ1v) is 9.83. The summed E-state index contributed by atoms with van der Waals surface area (Å²) in [5.41, 5.74) is -0.681. The number of carboxylic acid groups (broad SMARTS) is 1. The van der Waals surface area contributed by atoms with E-state index in [0.29, 0.717) is 6.42 Å². The molecule has 0 aliphatic heterocycles. The molecule has 0 spiro atoms. The van der Waals surface area contributed by atoms with Gasteiger partial charge in [-0.15, -0.1) is 0 Å². The van der Waals surface area contributed by atoms with E-state index >= 15 is 0 Å². The number of hydrogen-bond donors (Lipinski definition) is 2. The summed E-state index contributed by atoms with van der Waals surface area (Å²) in [5.74, 6) is -1.71. The van der Waals surface area contributed by atoms with Crippen LogP contribution in [-0.4, -0.2) is 46.7 Å². The van der Waals surface area contributed by atoms with E-state index in [9.17, 15) is 24.3 Å². The number of carboxylic acids is 1. The maximum absolute atomic E-state index is 12.6. The molecule has 0 radical (unpaired) electrons. The molecule has 8 heteroatoms. The van der Waals surface area contributed by atoms with Gasteiger partial charge in [-0.3, -0.25) is 14.4 Å². The highest BCUT2D eigenvalue weighted by Gasteiger charge is 2.32. The van der Waals surface area contributed by atoms with Crippen LogP contribution in [0.1, 0.15) is 60.8 Å². The van der Waals surface area contributed by atoms with Gasteiger partial charge >= 0.3 is 0 Å². The van der Waals surface area contributed by atoms with E-state index in [-0.39, 0.29) is 35.5 Å². The standard InChI is InChI=1S/C18H32N2O5S/c1-7-15(23)26-10-13(16(24)18(4,5)6)20-17(25)12(19-11(2)3)8-9-14(21)22/h11-13,19H,7-10H2,1-6H3,(H,20,25)(H,21,22)/p-1/t12-,13-/m0/s1. The Morgan fingerprint density at radius 3 is 2.08 bits per heavy atom. The minimum absolute atomic E-state index is 0.0414. The first-order valence-electron chi connectivity index (χ1n) is 8.84. The zero-order valence-electron chi connectivity index (χ0n) is 16.5. The van der Waals surface area contributed by atoms with Crippen LogP contribution in [0, 0.1) is 5.41 Å². The third kappa shape index (κ3) is 9.91. The Hall–Kier alpha value is -1.41. The monoisotopic (exact) mass is 387 g/mol. The molecule has 26 heavy (non-hydrogen) atoms. The maximum Gasteiger partial charge on any atom is 0.237 e. The topological polar surface area (TPSA) is 115 Å². The van der Waals surface area contributed by atoms with Gasteiger partial charge < -0.3 is 20.5 Å². The quantitative estimate of drug-likeness (QED) is 0.535. The highest BCUT2D eigenvalue weighted by atomic mass is 32.2. The van der Waals surface area contributed by atoms with Crippen LogP contribution in [0.25, 0.3) is 0 Å². The predicted molar refractivity (Wildman–Crippen MR) is 100 cm³/mol. The molecule has 0 fully saturated rings. The Kier molecular flexibility index (Phi) is 10.7. The smallest absolute Gasteiger partial charge is 0.237 e. The number of thioether (sulfide) groups is 1. The molecule has 0 heterocycles. The Bertz CT molecular complexity index is 514. The molecule has 0 saturated carbocycles. The van der Waals surface area contributed by atoms with Crippen molar-refractivity contribution in [1.82, 2.24) is 10.6 Å². The number of Topliss-reactive ketones (excluding diaryl/α,β-unsaturated/α-hetero) is 1. The number of carbonyl (C=O) groups excluding carboxylic acids is 4. The van der Waals surface area contributed by atoms with E-state index in [1.165, 1.54) is 0 Å². The Morgan fingerprint density at radius 1 is 1.08 bits per heavy atom. The first kappa shape index (κ1) is 24.6. The van der Waals surface area contributed by atoms with Crippen molar-refractivity contribution in [1.29, 1.82) is 0 Å². The fourth-order valence-electron chi connectivity index (χ4n) is 2.21. The molecule has 0 bridgehead atoms. The average Bonchev–Trinajstić information content (AvgIpc) is 2.52. The van der Waals surface area contributed by atoms with E-state index < -0.39 is 29.4 Å². The summed E-state index contributed by atoms with van der Waals surface area (Å²) in [6.45, 7) is 10.7. The number of ketones is 1. The van der Waals surface area contributed by atoms with E-state index in [2.05, 4.69) is 10.6 Å². The first-order chi connectivity index (χ1) is 11.9. The second-order valence-corrected chi connectivity index (χ2v) is 8.57. The molecule has 0 aliphatic rings. The van der Waals surface area contributed by atoms with Crippen molar-refractivity contribution in [2.75, 3.05) is 5.75 Å². The van der Waals surface area contributed by atoms with E-state index in [1.54, 1.807) is 27.7 Å². The average molecular weight is 388 g/mol. The highest BCUT2D eigenvalue weighted by molar-refractivity contribution is 8.13. The summed E-state index contributed by atoms with van der Waals surface area (Å²) >= 11 is 1.02. The third-order valence-corrected chi connectivity index (χ3v) is 4.67. The molecular weight excluding hydrogens is 356 g/mol. The molecule has 0 aromatic heterocycles. The molecule has 0 aromatic carbocycles. The lowest BCUT2D eigenvalue weighted by molar-refractivity contribution is -0.305. The van der Waals surface area contributed by atoms with E-state index in [0.717, 1.165) is 11.8 Å². The maximum atomic E-state index is 12.6. The fourth-order valence-corrected chi connectivity index (χ4v) is 3.00. The van der Waals surface area contributed by atoms with Gasteiger partial charge in [0.05, 0.1) is 12.1 Å². The molecule has 0 unspecified atom stereocenters. The summed E-state index contributed by atoms with van der Waals surface area (Å²) in [6.07, 6.45) is 0.140. The third-order valence-electron chi connectivity index (χ3n) is 3.56. The molecule has 150 valence electrons. The molecule has 0 saturated heterocycles. The molecule has 1 amide bonds. The van der Waals surface area contributed by atoms with Crippen LogP contribution < -0.4 is 15.7 Å². The second kappa shape index (κ2) is 11.3. The van der Waals surface area contributed by atoms with Gasteiger partial charge in [-0.2, -0.15) is 0 Å². The lowest BCUT2D eigenvalue weighted by atomic mass is 9.87. The van der Waals surface area contributed by atoms with Crippen LogP contribution >= 0.6 is 11.8 Å². The van der Waals surface area contributed by atoms with Gasteiger partial charge in [-0.05, 0) is 12.8 Å². The van der Waals surface area contributed by atoms with Crippen LogP contribution in [0.15, 0.2) is 0 Å². The zero-order valence-corrected chi connectivity index (χ0v) is 17.3. The lowest BCUT2D eigenvalue weighted by Gasteiger charge is -2.28. The van der Waals surface area contributed by atoms with Crippen molar-refractivity contribution in [2.24, 2.45) is 5.41 Å². The summed E-state index contributed by atoms with van der Waals surface area (Å²) < 4.78 is 0. The Morgan fingerprint density at radius 2 is 1.65 bits per heavy atom. The number of rotatable bonds is 11. The number of carbonyl (C=O) groups is 4. The van der Waals surface area contributed by atoms with Crippen LogP contribution in [0.3, 0.4) is 0 Å². The minimum atomic E-state index is -1.24. The Balaban J connectivity index is 5.21. The van der Waals surface area contributed by atoms with Crippen molar-refractivity contribution in [3.63, 3.8) is 0 Å². The summed E-state index contributed by atoms with van der Waals surface area (Å²) in [5, 5.41) is 16.4. The van der Waals surface area contributed by atoms with Crippen LogP contribution in [0.5, 0.6) is 0 Å². The highest BCUT2D eigenvalue weighted by Crippen LogP contribution is 2.20. The van der Waals surface area contributed by atoms with Crippen molar-refractivity contribution in [2.45, 2.75) is 78.9 Å². The van der Waals surface area contributed by atoms with E-state index in [1.807, 2.05) is 13.8 Å². The van der Waals surface area contributed by atoms with Gasteiger partial charge in [0.15, 0.2) is 10.9 Å². The SMILES string of the molecule is CCC(=O)SC[C@H](NC(=O)[C@H](CCC(=O)[O-])NC(C)C)C(=O)C(C)(C)C. The molecule has 2 N–H and O–H groups in total. The number of aliphatic carboxylic acids is 1. The number of nitrogens with one attached hydrogen (secondary N) is 2. The molecule has 0 rings (SSSR count). The van der Waals surface area contributed by atoms with Crippen LogP contribution in [-0.2, 0) is 19.2 Å².